The zero-order valence-electron chi connectivity index (χ0n) is 13.8. The van der Waals surface area contributed by atoms with Crippen molar-refractivity contribution in [1.82, 2.24) is 10.9 Å². The van der Waals surface area contributed by atoms with Crippen LogP contribution in [0, 0.1) is 10.1 Å². The van der Waals surface area contributed by atoms with Gasteiger partial charge in [0.2, 0.25) is 10.0 Å². The van der Waals surface area contributed by atoms with Crippen molar-refractivity contribution in [2.75, 3.05) is 7.11 Å². The molecule has 2 aromatic carbocycles. The number of carbonyl (C=O) groups excluding carboxylic acids is 2. The lowest BCUT2D eigenvalue weighted by atomic mass is 10.2. The molecule has 2 aromatic rings. The molecule has 11 nitrogen and oxygen atoms in total. The van der Waals surface area contributed by atoms with Crippen molar-refractivity contribution in [3.8, 4) is 5.75 Å². The zero-order chi connectivity index (χ0) is 20.2. The molecule has 4 N–H and O–H groups in total. The number of non-ortho nitro benzene ring substituents is 1. The number of nitrogens with zero attached hydrogens (tertiary/aromatic N) is 1. The van der Waals surface area contributed by atoms with Gasteiger partial charge in [-0.1, -0.05) is 6.07 Å². The standard InChI is InChI=1S/C15H14N4O7S/c1-26-13-6-5-11(27(16,24)25)8-12(13)15(21)18-17-14(20)9-3-2-4-10(7-9)19(22)23/h2-8H,1H3,(H,17,20)(H,18,21)(H2,16,24,25). The topological polar surface area (TPSA) is 171 Å². The number of benzene rings is 2. The molecule has 0 aliphatic rings. The Morgan fingerprint density at radius 3 is 2.37 bits per heavy atom. The molecule has 0 bridgehead atoms. The third-order valence-electron chi connectivity index (χ3n) is 3.35. The number of hydrogen-bond acceptors (Lipinski definition) is 7. The van der Waals surface area contributed by atoms with Gasteiger partial charge in [0, 0.05) is 17.7 Å². The second kappa shape index (κ2) is 7.80. The van der Waals surface area contributed by atoms with Gasteiger partial charge in [-0.2, -0.15) is 0 Å². The van der Waals surface area contributed by atoms with Crippen LogP contribution in [0.25, 0.3) is 0 Å². The lowest BCUT2D eigenvalue weighted by Crippen LogP contribution is -2.41. The van der Waals surface area contributed by atoms with Crippen LogP contribution in [-0.4, -0.2) is 32.3 Å². The maximum atomic E-state index is 12.3. The van der Waals surface area contributed by atoms with E-state index in [4.69, 9.17) is 9.88 Å². The molecule has 12 heteroatoms. The minimum absolute atomic E-state index is 0.0458. The van der Waals surface area contributed by atoms with Crippen LogP contribution in [0.2, 0.25) is 0 Å². The summed E-state index contributed by atoms with van der Waals surface area (Å²) in [7, 11) is -2.79. The summed E-state index contributed by atoms with van der Waals surface area (Å²) in [6, 6.07) is 8.25. The van der Waals surface area contributed by atoms with Gasteiger partial charge >= 0.3 is 0 Å². The second-order valence-corrected chi connectivity index (χ2v) is 6.68. The molecule has 2 amide bonds. The summed E-state index contributed by atoms with van der Waals surface area (Å²) in [4.78, 5) is 34.1. The van der Waals surface area contributed by atoms with Crippen LogP contribution in [0.5, 0.6) is 5.75 Å². The van der Waals surface area contributed by atoms with E-state index in [1.54, 1.807) is 0 Å². The van der Waals surface area contributed by atoms with Crippen molar-refractivity contribution in [3.05, 3.63) is 63.7 Å². The largest absolute Gasteiger partial charge is 0.496 e. The third kappa shape index (κ3) is 4.77. The van der Waals surface area contributed by atoms with E-state index in [2.05, 4.69) is 10.9 Å². The summed E-state index contributed by atoms with van der Waals surface area (Å²) >= 11 is 0. The first-order chi connectivity index (χ1) is 12.6. The van der Waals surface area contributed by atoms with Gasteiger partial charge in [-0.25, -0.2) is 13.6 Å². The van der Waals surface area contributed by atoms with Crippen molar-refractivity contribution >= 4 is 27.5 Å². The molecule has 0 fully saturated rings. The van der Waals surface area contributed by atoms with E-state index >= 15 is 0 Å². The molecule has 0 radical (unpaired) electrons. The number of amides is 2. The Hall–Kier alpha value is -3.51. The maximum Gasteiger partial charge on any atom is 0.273 e. The monoisotopic (exact) mass is 394 g/mol. The highest BCUT2D eigenvalue weighted by molar-refractivity contribution is 7.89. The molecule has 0 spiro atoms. The number of primary sulfonamides is 1. The highest BCUT2D eigenvalue weighted by Crippen LogP contribution is 2.21. The number of sulfonamides is 1. The van der Waals surface area contributed by atoms with Crippen LogP contribution in [0.1, 0.15) is 20.7 Å². The number of rotatable bonds is 5. The summed E-state index contributed by atoms with van der Waals surface area (Å²) in [5.74, 6) is -1.64. The molecule has 0 atom stereocenters. The molecule has 142 valence electrons. The number of hydrazine groups is 1. The fourth-order valence-corrected chi connectivity index (χ4v) is 2.60. The van der Waals surface area contributed by atoms with Gasteiger partial charge in [0.15, 0.2) is 0 Å². The summed E-state index contributed by atoms with van der Waals surface area (Å²) in [6.45, 7) is 0. The number of hydrogen-bond donors (Lipinski definition) is 3. The van der Waals surface area contributed by atoms with E-state index in [0.717, 1.165) is 18.2 Å². The van der Waals surface area contributed by atoms with Crippen molar-refractivity contribution in [3.63, 3.8) is 0 Å². The first-order valence-electron chi connectivity index (χ1n) is 7.19. The Labute approximate surface area is 153 Å². The van der Waals surface area contributed by atoms with E-state index in [9.17, 15) is 28.1 Å². The minimum atomic E-state index is -4.06. The molecular weight excluding hydrogens is 380 g/mol. The predicted octanol–water partition coefficient (Wildman–Crippen LogP) is 0.326. The van der Waals surface area contributed by atoms with Gasteiger partial charge in [0.1, 0.15) is 5.75 Å². The van der Waals surface area contributed by atoms with Crippen molar-refractivity contribution in [2.45, 2.75) is 4.90 Å². The van der Waals surface area contributed by atoms with Gasteiger partial charge < -0.3 is 4.74 Å². The molecule has 0 aromatic heterocycles. The fourth-order valence-electron chi connectivity index (χ4n) is 2.06. The van der Waals surface area contributed by atoms with Gasteiger partial charge in [-0.15, -0.1) is 0 Å². The molecule has 0 saturated heterocycles. The van der Waals surface area contributed by atoms with Gasteiger partial charge in [-0.3, -0.25) is 30.6 Å². The average Bonchev–Trinajstić information content (AvgIpc) is 2.64. The van der Waals surface area contributed by atoms with Crippen molar-refractivity contribution < 1.29 is 27.7 Å². The molecule has 0 heterocycles. The van der Waals surface area contributed by atoms with Gasteiger partial charge in [0.25, 0.3) is 17.5 Å². The van der Waals surface area contributed by atoms with Crippen molar-refractivity contribution in [1.29, 1.82) is 0 Å². The SMILES string of the molecule is COc1ccc(S(N)(=O)=O)cc1C(=O)NNC(=O)c1cccc([N+](=O)[O-])c1. The first-order valence-corrected chi connectivity index (χ1v) is 8.74. The molecule has 0 aliphatic carbocycles. The normalized spacial score (nSPS) is 10.7. The minimum Gasteiger partial charge on any atom is -0.496 e. The van der Waals surface area contributed by atoms with Crippen LogP contribution in [0.3, 0.4) is 0 Å². The van der Waals surface area contributed by atoms with Gasteiger partial charge in [0.05, 0.1) is 22.5 Å². The summed E-state index contributed by atoms with van der Waals surface area (Å²) in [6.07, 6.45) is 0. The van der Waals surface area contributed by atoms with Crippen LogP contribution in [-0.2, 0) is 10.0 Å². The molecular formula is C15H14N4O7S. The Morgan fingerprint density at radius 1 is 1.11 bits per heavy atom. The van der Waals surface area contributed by atoms with Crippen LogP contribution >= 0.6 is 0 Å². The number of nitrogens with one attached hydrogen (secondary N) is 2. The molecule has 27 heavy (non-hydrogen) atoms. The second-order valence-electron chi connectivity index (χ2n) is 5.12. The number of nitro benzene ring substituents is 1. The lowest BCUT2D eigenvalue weighted by molar-refractivity contribution is -0.384. The Morgan fingerprint density at radius 2 is 1.78 bits per heavy atom. The van der Waals surface area contributed by atoms with E-state index in [1.807, 2.05) is 0 Å². The van der Waals surface area contributed by atoms with E-state index in [0.29, 0.717) is 0 Å². The lowest BCUT2D eigenvalue weighted by Gasteiger charge is -2.11. The summed E-state index contributed by atoms with van der Waals surface area (Å²) < 4.78 is 27.8. The summed E-state index contributed by atoms with van der Waals surface area (Å²) in [5.41, 5.74) is 3.60. The first kappa shape index (κ1) is 19.8. The average molecular weight is 394 g/mol. The highest BCUT2D eigenvalue weighted by atomic mass is 32.2. The molecule has 0 saturated carbocycles. The zero-order valence-corrected chi connectivity index (χ0v) is 14.6. The van der Waals surface area contributed by atoms with Crippen LogP contribution in [0.4, 0.5) is 5.69 Å². The Balaban J connectivity index is 2.19. The fraction of sp³-hybridized carbons (Fsp3) is 0.0667. The smallest absolute Gasteiger partial charge is 0.273 e. The van der Waals surface area contributed by atoms with Gasteiger partial charge in [-0.05, 0) is 24.3 Å². The molecule has 0 unspecified atom stereocenters. The number of carbonyl (C=O) groups is 2. The van der Waals surface area contributed by atoms with Crippen LogP contribution in [0.15, 0.2) is 47.4 Å². The van der Waals surface area contributed by atoms with Crippen molar-refractivity contribution in [2.24, 2.45) is 5.14 Å². The number of ether oxygens (including phenoxy) is 1. The summed E-state index contributed by atoms with van der Waals surface area (Å²) in [5, 5.41) is 15.8. The van der Waals surface area contributed by atoms with Crippen LogP contribution < -0.4 is 20.7 Å². The highest BCUT2D eigenvalue weighted by Gasteiger charge is 2.18. The van der Waals surface area contributed by atoms with E-state index in [1.165, 1.54) is 31.4 Å². The maximum absolute atomic E-state index is 12.3. The molecule has 2 rings (SSSR count). The Bertz CT molecular complexity index is 1020. The quantitative estimate of drug-likeness (QED) is 0.484. The van der Waals surface area contributed by atoms with E-state index in [-0.39, 0.29) is 27.5 Å². The third-order valence-corrected chi connectivity index (χ3v) is 4.26. The van der Waals surface area contributed by atoms with E-state index < -0.39 is 26.8 Å². The predicted molar refractivity (Wildman–Crippen MR) is 92.4 cm³/mol. The number of nitrogens with two attached hydrogens (primary N) is 1. The Kier molecular flexibility index (Phi) is 5.72. The number of nitro groups is 1. The molecule has 0 aliphatic heterocycles. The number of methoxy groups -OCH3 is 1.